The number of aliphatic hydroxyl groups is 1. The fourth-order valence-electron chi connectivity index (χ4n) is 6.70. The molecule has 3 aromatic heterocycles. The van der Waals surface area contributed by atoms with Gasteiger partial charge in [-0.3, -0.25) is 9.36 Å². The lowest BCUT2D eigenvalue weighted by atomic mass is 9.98. The fraction of sp³-hybridized carbons (Fsp3) is 0.306. The van der Waals surface area contributed by atoms with Gasteiger partial charge < -0.3 is 19.1 Å². The Kier molecular flexibility index (Phi) is 9.21. The first-order valence-corrected chi connectivity index (χ1v) is 18.2. The topological polar surface area (TPSA) is 96.3 Å². The molecule has 48 heavy (non-hydrogen) atoms. The van der Waals surface area contributed by atoms with Crippen LogP contribution in [0, 0.1) is 0 Å². The van der Waals surface area contributed by atoms with Crippen molar-refractivity contribution in [1.82, 2.24) is 24.1 Å². The maximum atomic E-state index is 13.3. The van der Waals surface area contributed by atoms with E-state index in [0.29, 0.717) is 47.4 Å². The van der Waals surface area contributed by atoms with Crippen molar-refractivity contribution in [3.05, 3.63) is 93.7 Å². The highest BCUT2D eigenvalue weighted by molar-refractivity contribution is 7.98. The van der Waals surface area contributed by atoms with Crippen LogP contribution in [0.2, 0.25) is 5.02 Å². The monoisotopic (exact) mass is 701 g/mol. The number of carbonyl (C=O) groups excluding carboxylic acids is 1. The number of thioether (sulfide) groups is 2. The summed E-state index contributed by atoms with van der Waals surface area (Å²) in [5.74, 6) is 2.50. The first-order chi connectivity index (χ1) is 23.3. The summed E-state index contributed by atoms with van der Waals surface area (Å²) in [4.78, 5) is 14.5. The number of benzene rings is 3. The van der Waals surface area contributed by atoms with E-state index < -0.39 is 5.97 Å². The Balaban J connectivity index is 1.38. The van der Waals surface area contributed by atoms with Gasteiger partial charge in [0.15, 0.2) is 0 Å². The van der Waals surface area contributed by atoms with Crippen molar-refractivity contribution in [3.8, 4) is 16.9 Å². The highest BCUT2D eigenvalue weighted by Gasteiger charge is 2.28. The Morgan fingerprint density at radius 3 is 2.65 bits per heavy atom. The number of aryl methyl sites for hydroxylation is 4. The molecule has 1 aliphatic heterocycles. The zero-order valence-electron chi connectivity index (χ0n) is 27.2. The number of esters is 1. The second-order valence-corrected chi connectivity index (χ2v) is 14.3. The molecule has 6 aromatic rings. The van der Waals surface area contributed by atoms with Crippen LogP contribution in [0.3, 0.4) is 0 Å². The van der Waals surface area contributed by atoms with Gasteiger partial charge in [-0.2, -0.15) is 10.2 Å². The van der Waals surface area contributed by atoms with E-state index in [2.05, 4.69) is 30.3 Å². The summed E-state index contributed by atoms with van der Waals surface area (Å²) in [5.41, 5.74) is 7.25. The minimum Gasteiger partial charge on any atom is -0.493 e. The number of hydrogen-bond donors (Lipinski definition) is 1. The van der Waals surface area contributed by atoms with Crippen molar-refractivity contribution in [3.63, 3.8) is 0 Å². The van der Waals surface area contributed by atoms with Crippen LogP contribution in [0.5, 0.6) is 5.75 Å². The molecule has 248 valence electrons. The summed E-state index contributed by atoms with van der Waals surface area (Å²) < 4.78 is 17.4. The molecule has 0 amide bonds. The normalized spacial score (nSPS) is 14.1. The van der Waals surface area contributed by atoms with Gasteiger partial charge in [-0.15, -0.1) is 23.5 Å². The number of carbonyl (C=O) groups is 1. The number of rotatable bonds is 2. The molecule has 9 nitrogen and oxygen atoms in total. The van der Waals surface area contributed by atoms with Crippen LogP contribution < -0.4 is 4.74 Å². The Labute approximate surface area is 292 Å². The van der Waals surface area contributed by atoms with Gasteiger partial charge in [-0.1, -0.05) is 41.9 Å². The van der Waals surface area contributed by atoms with Crippen LogP contribution in [0.15, 0.2) is 59.5 Å². The largest absolute Gasteiger partial charge is 0.493 e. The third kappa shape index (κ3) is 5.87. The van der Waals surface area contributed by atoms with Gasteiger partial charge in [-0.05, 0) is 48.1 Å². The molecular formula is C36H36ClN5O4S2. The molecule has 0 radical (unpaired) electrons. The fourth-order valence-corrected chi connectivity index (χ4v) is 8.91. The second-order valence-electron chi connectivity index (χ2n) is 11.9. The molecule has 0 fully saturated rings. The van der Waals surface area contributed by atoms with Crippen molar-refractivity contribution < 1.29 is 19.4 Å². The van der Waals surface area contributed by atoms with E-state index in [0.717, 1.165) is 71.8 Å². The molecule has 4 heterocycles. The smallest absolute Gasteiger partial charge is 0.354 e. The number of nitrogens with zero attached hydrogens (tertiary/aromatic N) is 5. The summed E-state index contributed by atoms with van der Waals surface area (Å²) in [6, 6.07) is 18.6. The van der Waals surface area contributed by atoms with E-state index in [1.54, 1.807) is 23.5 Å². The van der Waals surface area contributed by atoms with E-state index in [1.165, 1.54) is 7.11 Å². The van der Waals surface area contributed by atoms with Crippen LogP contribution in [0.25, 0.3) is 32.8 Å². The third-order valence-electron chi connectivity index (χ3n) is 8.95. The highest BCUT2D eigenvalue weighted by atomic mass is 35.5. The quantitative estimate of drug-likeness (QED) is 0.186. The first kappa shape index (κ1) is 32.6. The van der Waals surface area contributed by atoms with Crippen molar-refractivity contribution in [2.24, 2.45) is 21.1 Å². The maximum Gasteiger partial charge on any atom is 0.354 e. The molecule has 12 heteroatoms. The number of ether oxygens (including phenoxy) is 2. The lowest BCUT2D eigenvalue weighted by molar-refractivity contribution is 0.0589. The predicted octanol–water partition coefficient (Wildman–Crippen LogP) is 7.45. The van der Waals surface area contributed by atoms with Gasteiger partial charge in [0.05, 0.1) is 47.9 Å². The zero-order chi connectivity index (χ0) is 33.5. The van der Waals surface area contributed by atoms with Gasteiger partial charge >= 0.3 is 5.97 Å². The molecule has 7 rings (SSSR count). The lowest BCUT2D eigenvalue weighted by Crippen LogP contribution is -2.11. The zero-order valence-corrected chi connectivity index (χ0v) is 29.6. The van der Waals surface area contributed by atoms with Crippen LogP contribution in [0.4, 0.5) is 0 Å². The van der Waals surface area contributed by atoms with Gasteiger partial charge in [0, 0.05) is 70.9 Å². The third-order valence-corrected chi connectivity index (χ3v) is 11.3. The summed E-state index contributed by atoms with van der Waals surface area (Å²) >= 11 is 10.5. The van der Waals surface area contributed by atoms with Gasteiger partial charge in [0.25, 0.3) is 0 Å². The van der Waals surface area contributed by atoms with Crippen LogP contribution >= 0.6 is 35.1 Å². The number of aromatic nitrogens is 5. The predicted molar refractivity (Wildman–Crippen MR) is 193 cm³/mol. The summed E-state index contributed by atoms with van der Waals surface area (Å²) in [5, 5.41) is 23.6. The summed E-state index contributed by atoms with van der Waals surface area (Å²) in [7, 11) is 7.14. The summed E-state index contributed by atoms with van der Waals surface area (Å²) in [6.45, 7) is 0.203. The van der Waals surface area contributed by atoms with Gasteiger partial charge in [0.2, 0.25) is 0 Å². The number of aliphatic hydroxyl groups excluding tert-OH is 1. The molecule has 0 spiro atoms. The highest BCUT2D eigenvalue weighted by Crippen LogP contribution is 2.43. The summed E-state index contributed by atoms with van der Waals surface area (Å²) in [6.07, 6.45) is 1.25. The van der Waals surface area contributed by atoms with E-state index >= 15 is 0 Å². The van der Waals surface area contributed by atoms with Crippen LogP contribution in [-0.2, 0) is 56.2 Å². The molecule has 1 N–H and O–H groups in total. The molecule has 3 aromatic carbocycles. The molecule has 0 atom stereocenters. The standard InChI is InChI=1S/C36H36ClN5O4S2/c1-40-34-27-11-12-28(37)32(34)33-29(17-43)39-42(3)30(33)20-47-18-22-15-23(41(2)38-22)19-48-24-14-21-8-5-6-9-25(21)31(16-24)46-13-7-10-26(27)35(40)36(44)45-4/h5-6,8-9,11-12,14-16,43H,7,10,13,17-20H2,1-4H3. The Hall–Kier alpha value is -3.90. The number of halogens is 1. The van der Waals surface area contributed by atoms with Crippen molar-refractivity contribution in [2.75, 3.05) is 13.7 Å². The molecule has 0 saturated carbocycles. The number of hydrogen-bond acceptors (Lipinski definition) is 8. The first-order valence-electron chi connectivity index (χ1n) is 15.7. The minimum absolute atomic E-state index is 0.254. The Morgan fingerprint density at radius 1 is 1.00 bits per heavy atom. The van der Waals surface area contributed by atoms with Crippen molar-refractivity contribution in [1.29, 1.82) is 0 Å². The van der Waals surface area contributed by atoms with Crippen LogP contribution in [-0.4, -0.2) is 48.9 Å². The van der Waals surface area contributed by atoms with E-state index in [9.17, 15) is 9.90 Å². The SMILES string of the molecule is COC(=O)c1c2c3ccc(Cl)c(c3n1C)-c1c(CO)nn(C)c1CSCc1cc(n(C)n1)CSc1cc(c3ccccc3c1)OCCC2. The average Bonchev–Trinajstić information content (AvgIpc) is 3.70. The molecular weight excluding hydrogens is 666 g/mol. The van der Waals surface area contributed by atoms with Crippen molar-refractivity contribution in [2.45, 2.75) is 41.6 Å². The second kappa shape index (κ2) is 13.5. The van der Waals surface area contributed by atoms with Gasteiger partial charge in [0.1, 0.15) is 11.4 Å². The average molecular weight is 702 g/mol. The van der Waals surface area contributed by atoms with Crippen molar-refractivity contribution >= 4 is 62.8 Å². The Bertz CT molecular complexity index is 2190. The van der Waals surface area contributed by atoms with Gasteiger partial charge in [-0.25, -0.2) is 4.79 Å². The number of methoxy groups -OCH3 is 1. The maximum absolute atomic E-state index is 13.3. The molecule has 1 aliphatic rings. The van der Waals surface area contributed by atoms with E-state index in [1.807, 2.05) is 59.3 Å². The molecule has 0 unspecified atom stereocenters. The molecule has 0 aliphatic carbocycles. The minimum atomic E-state index is -0.420. The lowest BCUT2D eigenvalue weighted by Gasteiger charge is -2.13. The van der Waals surface area contributed by atoms with E-state index in [4.69, 9.17) is 31.3 Å². The van der Waals surface area contributed by atoms with Crippen LogP contribution in [0.1, 0.15) is 45.2 Å². The van der Waals surface area contributed by atoms with E-state index in [-0.39, 0.29) is 6.61 Å². The molecule has 0 saturated heterocycles. The molecule has 8 bridgehead atoms. The number of fused-ring (bicyclic) bond motifs is 8. The Morgan fingerprint density at radius 2 is 1.83 bits per heavy atom.